The summed E-state index contributed by atoms with van der Waals surface area (Å²) in [6, 6.07) is 5.39. The fourth-order valence-corrected chi connectivity index (χ4v) is 3.17. The molecule has 0 aliphatic rings. The molecule has 0 spiro atoms. The normalized spacial score (nSPS) is 10.9. The Kier molecular flexibility index (Phi) is 4.78. The molecule has 4 aromatic rings. The van der Waals surface area contributed by atoms with Crippen molar-refractivity contribution in [2.24, 2.45) is 7.05 Å². The predicted octanol–water partition coefficient (Wildman–Crippen LogP) is 3.78. The van der Waals surface area contributed by atoms with Crippen LogP contribution in [0.1, 0.15) is 11.3 Å². The number of nitrogens with one attached hydrogen (secondary N) is 2. The zero-order valence-electron chi connectivity index (χ0n) is 16.8. The Morgan fingerprint density at radius 1 is 1.27 bits per heavy atom. The van der Waals surface area contributed by atoms with Gasteiger partial charge in [-0.05, 0) is 43.7 Å². The Balaban J connectivity index is 1.75. The molecule has 0 aliphatic carbocycles. The monoisotopic (exact) mass is 405 g/mol. The number of hydrogen-bond acceptors (Lipinski definition) is 5. The maximum atomic E-state index is 14.7. The molecule has 8 nitrogen and oxygen atoms in total. The molecule has 0 aliphatic heterocycles. The summed E-state index contributed by atoms with van der Waals surface area (Å²) >= 11 is 0. The molecule has 152 valence electrons. The SMILES string of the molecule is C=CC(=O)Nc1ccc2c(c1)c(C)cn2-c1nc(Nc2cnn(C)c2C)ncc1F. The number of nitrogens with zero attached hydrogens (tertiary/aromatic N) is 5. The molecule has 0 radical (unpaired) electrons. The van der Waals surface area contributed by atoms with Crippen LogP contribution in [0.4, 0.5) is 21.7 Å². The van der Waals surface area contributed by atoms with Crippen molar-refractivity contribution in [3.05, 3.63) is 66.5 Å². The van der Waals surface area contributed by atoms with Gasteiger partial charge in [0.1, 0.15) is 0 Å². The van der Waals surface area contributed by atoms with Crippen LogP contribution in [0.3, 0.4) is 0 Å². The van der Waals surface area contributed by atoms with Gasteiger partial charge in [-0.15, -0.1) is 0 Å². The minimum Gasteiger partial charge on any atom is -0.323 e. The van der Waals surface area contributed by atoms with Crippen molar-refractivity contribution >= 4 is 34.1 Å². The zero-order chi connectivity index (χ0) is 21.4. The van der Waals surface area contributed by atoms with Crippen LogP contribution in [0.2, 0.25) is 0 Å². The van der Waals surface area contributed by atoms with Gasteiger partial charge >= 0.3 is 0 Å². The fourth-order valence-electron chi connectivity index (χ4n) is 3.17. The van der Waals surface area contributed by atoms with E-state index in [2.05, 4.69) is 32.3 Å². The van der Waals surface area contributed by atoms with E-state index in [0.717, 1.165) is 34.0 Å². The average Bonchev–Trinajstić information content (AvgIpc) is 3.23. The zero-order valence-corrected chi connectivity index (χ0v) is 16.8. The van der Waals surface area contributed by atoms with Crippen molar-refractivity contribution in [2.75, 3.05) is 10.6 Å². The van der Waals surface area contributed by atoms with E-state index < -0.39 is 5.82 Å². The summed E-state index contributed by atoms with van der Waals surface area (Å²) in [7, 11) is 1.83. The lowest BCUT2D eigenvalue weighted by Crippen LogP contribution is -2.07. The van der Waals surface area contributed by atoms with Gasteiger partial charge < -0.3 is 10.6 Å². The summed E-state index contributed by atoms with van der Waals surface area (Å²) in [5, 5.41) is 10.9. The molecule has 3 heterocycles. The molecular formula is C21H20FN7O. The van der Waals surface area contributed by atoms with E-state index >= 15 is 0 Å². The third kappa shape index (κ3) is 3.41. The summed E-state index contributed by atoms with van der Waals surface area (Å²) in [4.78, 5) is 20.0. The Morgan fingerprint density at radius 3 is 2.77 bits per heavy atom. The standard InChI is InChI=1S/C21H20FN7O/c1-5-19(30)25-14-6-7-18-15(8-14)12(2)11-29(18)20-16(22)9-23-21(27-20)26-17-10-24-28(4)13(17)3/h5-11H,1H2,2-4H3,(H,25,30)(H,23,26,27). The molecule has 1 aromatic carbocycles. The second-order valence-electron chi connectivity index (χ2n) is 6.86. The summed E-state index contributed by atoms with van der Waals surface area (Å²) in [6.07, 6.45) is 5.80. The first kappa shape index (κ1) is 19.3. The van der Waals surface area contributed by atoms with Gasteiger partial charge in [-0.1, -0.05) is 6.58 Å². The van der Waals surface area contributed by atoms with Crippen LogP contribution in [0.15, 0.2) is 49.4 Å². The van der Waals surface area contributed by atoms with Gasteiger partial charge in [-0.25, -0.2) is 9.37 Å². The first-order valence-electron chi connectivity index (χ1n) is 9.21. The Morgan fingerprint density at radius 2 is 2.07 bits per heavy atom. The molecule has 9 heteroatoms. The molecule has 0 saturated heterocycles. The van der Waals surface area contributed by atoms with E-state index in [4.69, 9.17) is 0 Å². The number of rotatable bonds is 5. The summed E-state index contributed by atoms with van der Waals surface area (Å²) in [5.41, 5.74) is 3.94. The number of carbonyl (C=O) groups is 1. The number of benzene rings is 1. The van der Waals surface area contributed by atoms with Gasteiger partial charge in [0.15, 0.2) is 11.6 Å². The van der Waals surface area contributed by atoms with Crippen molar-refractivity contribution in [2.45, 2.75) is 13.8 Å². The van der Waals surface area contributed by atoms with E-state index in [-0.39, 0.29) is 17.7 Å². The molecule has 4 rings (SSSR count). The van der Waals surface area contributed by atoms with Crippen molar-refractivity contribution in [1.29, 1.82) is 0 Å². The number of amides is 1. The predicted molar refractivity (Wildman–Crippen MR) is 114 cm³/mol. The highest BCUT2D eigenvalue weighted by Crippen LogP contribution is 2.28. The summed E-state index contributed by atoms with van der Waals surface area (Å²) in [6.45, 7) is 7.27. The molecule has 0 bridgehead atoms. The maximum Gasteiger partial charge on any atom is 0.247 e. The molecule has 30 heavy (non-hydrogen) atoms. The van der Waals surface area contributed by atoms with E-state index in [1.165, 1.54) is 6.08 Å². The van der Waals surface area contributed by atoms with Gasteiger partial charge in [-0.3, -0.25) is 14.0 Å². The largest absolute Gasteiger partial charge is 0.323 e. The number of halogens is 1. The van der Waals surface area contributed by atoms with Gasteiger partial charge in [0.25, 0.3) is 0 Å². The van der Waals surface area contributed by atoms with Gasteiger partial charge in [0.2, 0.25) is 11.9 Å². The molecule has 0 unspecified atom stereocenters. The minimum atomic E-state index is -0.551. The van der Waals surface area contributed by atoms with Crippen molar-refractivity contribution < 1.29 is 9.18 Å². The number of anilines is 3. The number of fused-ring (bicyclic) bond motifs is 1. The highest BCUT2D eigenvalue weighted by molar-refractivity contribution is 6.00. The third-order valence-electron chi connectivity index (χ3n) is 4.89. The lowest BCUT2D eigenvalue weighted by molar-refractivity contribution is -0.111. The average molecular weight is 405 g/mol. The number of aryl methyl sites for hydroxylation is 2. The summed E-state index contributed by atoms with van der Waals surface area (Å²) < 4.78 is 18.0. The van der Waals surface area contributed by atoms with Crippen molar-refractivity contribution in [3.8, 4) is 5.82 Å². The number of hydrogen-bond donors (Lipinski definition) is 2. The van der Waals surface area contributed by atoms with Crippen LogP contribution in [0.25, 0.3) is 16.7 Å². The van der Waals surface area contributed by atoms with E-state index in [1.807, 2.05) is 27.0 Å². The van der Waals surface area contributed by atoms with Crippen LogP contribution >= 0.6 is 0 Å². The molecule has 3 aromatic heterocycles. The first-order valence-corrected chi connectivity index (χ1v) is 9.21. The Bertz CT molecular complexity index is 1290. The van der Waals surface area contributed by atoms with Gasteiger partial charge in [0, 0.05) is 24.3 Å². The van der Waals surface area contributed by atoms with E-state index in [1.54, 1.807) is 33.8 Å². The van der Waals surface area contributed by atoms with Gasteiger partial charge in [-0.2, -0.15) is 10.1 Å². The van der Waals surface area contributed by atoms with Crippen LogP contribution in [0.5, 0.6) is 0 Å². The second-order valence-corrected chi connectivity index (χ2v) is 6.86. The molecule has 1 amide bonds. The maximum absolute atomic E-state index is 14.7. The van der Waals surface area contributed by atoms with E-state index in [9.17, 15) is 9.18 Å². The van der Waals surface area contributed by atoms with Crippen LogP contribution in [-0.4, -0.2) is 30.2 Å². The lowest BCUT2D eigenvalue weighted by atomic mass is 10.2. The van der Waals surface area contributed by atoms with Gasteiger partial charge in [0.05, 0.1) is 29.3 Å². The third-order valence-corrected chi connectivity index (χ3v) is 4.89. The highest BCUT2D eigenvalue weighted by Gasteiger charge is 2.15. The molecule has 0 atom stereocenters. The molecule has 2 N–H and O–H groups in total. The number of aromatic nitrogens is 5. The summed E-state index contributed by atoms with van der Waals surface area (Å²) in [5.74, 6) is -0.467. The second kappa shape index (κ2) is 7.43. The van der Waals surface area contributed by atoms with Crippen molar-refractivity contribution in [3.63, 3.8) is 0 Å². The molecular weight excluding hydrogens is 385 g/mol. The van der Waals surface area contributed by atoms with Crippen LogP contribution < -0.4 is 10.6 Å². The first-order chi connectivity index (χ1) is 14.4. The van der Waals surface area contributed by atoms with Crippen LogP contribution in [0, 0.1) is 19.7 Å². The van der Waals surface area contributed by atoms with E-state index in [0.29, 0.717) is 5.69 Å². The van der Waals surface area contributed by atoms with Crippen molar-refractivity contribution in [1.82, 2.24) is 24.3 Å². The molecule has 0 fully saturated rings. The minimum absolute atomic E-state index is 0.120. The molecule has 0 saturated carbocycles. The smallest absolute Gasteiger partial charge is 0.247 e. The lowest BCUT2D eigenvalue weighted by Gasteiger charge is -2.09. The quantitative estimate of drug-likeness (QED) is 0.493. The Labute approximate surface area is 172 Å². The van der Waals surface area contributed by atoms with Crippen LogP contribution in [-0.2, 0) is 11.8 Å². The fraction of sp³-hybridized carbons (Fsp3) is 0.143. The Hall–Kier alpha value is -4.01. The number of carbonyl (C=O) groups excluding carboxylic acids is 1. The highest BCUT2D eigenvalue weighted by atomic mass is 19.1. The topological polar surface area (TPSA) is 89.7 Å².